The van der Waals surface area contributed by atoms with Gasteiger partial charge >= 0.3 is 7.60 Å². The van der Waals surface area contributed by atoms with Crippen LogP contribution in [0.25, 0.3) is 0 Å². The fourth-order valence-electron chi connectivity index (χ4n) is 1.78. The molecule has 0 aliphatic heterocycles. The van der Waals surface area contributed by atoms with E-state index in [1.165, 1.54) is 5.56 Å². The van der Waals surface area contributed by atoms with Gasteiger partial charge in [-0.25, -0.2) is 0 Å². The van der Waals surface area contributed by atoms with E-state index >= 15 is 0 Å². The van der Waals surface area contributed by atoms with Gasteiger partial charge in [0.1, 0.15) is 5.75 Å². The Hall–Kier alpha value is -0.830. The zero-order chi connectivity index (χ0) is 13.8. The lowest BCUT2D eigenvalue weighted by atomic mass is 10.1. The van der Waals surface area contributed by atoms with E-state index < -0.39 is 13.4 Å². The molecule has 1 aromatic rings. The van der Waals surface area contributed by atoms with Crippen LogP contribution in [0.3, 0.4) is 0 Å². The van der Waals surface area contributed by atoms with Crippen molar-refractivity contribution in [2.24, 2.45) is 0 Å². The lowest BCUT2D eigenvalue weighted by molar-refractivity contribution is 0.218. The summed E-state index contributed by atoms with van der Waals surface area (Å²) in [6.45, 7) is 5.77. The highest BCUT2D eigenvalue weighted by atomic mass is 31.2. The summed E-state index contributed by atoms with van der Waals surface area (Å²) in [4.78, 5) is 18.4. The Morgan fingerprint density at radius 1 is 1.22 bits per heavy atom. The van der Waals surface area contributed by atoms with Gasteiger partial charge in [0.2, 0.25) is 0 Å². The monoisotopic (exact) mass is 272 g/mol. The molecule has 0 aromatic heterocycles. The summed E-state index contributed by atoms with van der Waals surface area (Å²) in [5.41, 5.74) is 2.18. The maximum Gasteiger partial charge on any atom is 0.365 e. The second kappa shape index (κ2) is 6.37. The molecule has 0 aliphatic rings. The number of hydrogen-bond donors (Lipinski definition) is 2. The van der Waals surface area contributed by atoms with Crippen LogP contribution in [-0.4, -0.2) is 15.6 Å². The van der Waals surface area contributed by atoms with Crippen molar-refractivity contribution in [3.05, 3.63) is 29.3 Å². The summed E-state index contributed by atoms with van der Waals surface area (Å²) in [6, 6.07) is 5.76. The van der Waals surface area contributed by atoms with Crippen LogP contribution in [0.4, 0.5) is 0 Å². The summed E-state index contributed by atoms with van der Waals surface area (Å²) < 4.78 is 16.7. The van der Waals surface area contributed by atoms with Crippen LogP contribution in [0, 0.1) is 0 Å². The van der Waals surface area contributed by atoms with Crippen molar-refractivity contribution < 1.29 is 19.1 Å². The molecule has 1 rings (SSSR count). The average Bonchev–Trinajstić information content (AvgIpc) is 2.34. The maximum absolute atomic E-state index is 11.3. The Labute approximate surface area is 108 Å². The van der Waals surface area contributed by atoms with Crippen LogP contribution in [0.1, 0.15) is 38.3 Å². The predicted molar refractivity (Wildman–Crippen MR) is 71.9 cm³/mol. The van der Waals surface area contributed by atoms with E-state index in [2.05, 4.69) is 6.92 Å². The fraction of sp³-hybridized carbons (Fsp3) is 0.538. The lowest BCUT2D eigenvalue weighted by Crippen LogP contribution is -2.16. The standard InChI is InChI=1S/C13H21O4P/c1-4-10-7-8-12(11(5-2)9-10)17-13(6-3)18(14,15)16/h7-9,13H,4-6H2,1-3H3,(H2,14,15,16). The van der Waals surface area contributed by atoms with Crippen LogP contribution < -0.4 is 4.74 Å². The molecule has 4 nitrogen and oxygen atoms in total. The van der Waals surface area contributed by atoms with E-state index in [9.17, 15) is 14.4 Å². The molecule has 1 atom stereocenters. The molecule has 0 heterocycles. The number of aryl methyl sites for hydroxylation is 2. The van der Waals surface area contributed by atoms with E-state index in [0.717, 1.165) is 18.4 Å². The van der Waals surface area contributed by atoms with E-state index in [0.29, 0.717) is 5.75 Å². The molecule has 0 saturated carbocycles. The highest BCUT2D eigenvalue weighted by molar-refractivity contribution is 7.52. The molecule has 1 aromatic carbocycles. The van der Waals surface area contributed by atoms with Gasteiger partial charge in [0.25, 0.3) is 0 Å². The molecule has 2 N–H and O–H groups in total. The SMILES string of the molecule is CCc1ccc(OC(CC)P(=O)(O)O)c(CC)c1. The van der Waals surface area contributed by atoms with Crippen molar-refractivity contribution in [3.63, 3.8) is 0 Å². The summed E-state index contributed by atoms with van der Waals surface area (Å²) in [6.07, 6.45) is 1.99. The van der Waals surface area contributed by atoms with Crippen molar-refractivity contribution in [3.8, 4) is 5.75 Å². The van der Waals surface area contributed by atoms with Crippen molar-refractivity contribution in [1.29, 1.82) is 0 Å². The number of ether oxygens (including phenoxy) is 1. The average molecular weight is 272 g/mol. The highest BCUT2D eigenvalue weighted by Gasteiger charge is 2.29. The normalized spacial score (nSPS) is 13.4. The molecular formula is C13H21O4P. The Morgan fingerprint density at radius 3 is 2.33 bits per heavy atom. The van der Waals surface area contributed by atoms with E-state index in [-0.39, 0.29) is 6.42 Å². The molecule has 0 radical (unpaired) electrons. The van der Waals surface area contributed by atoms with Crippen molar-refractivity contribution >= 4 is 7.60 Å². The van der Waals surface area contributed by atoms with Crippen molar-refractivity contribution in [1.82, 2.24) is 0 Å². The molecule has 18 heavy (non-hydrogen) atoms. The molecule has 0 spiro atoms. The molecule has 0 aliphatic carbocycles. The summed E-state index contributed by atoms with van der Waals surface area (Å²) in [5, 5.41) is 0. The third kappa shape index (κ3) is 3.84. The van der Waals surface area contributed by atoms with Gasteiger partial charge in [0, 0.05) is 0 Å². The largest absolute Gasteiger partial charge is 0.478 e. The highest BCUT2D eigenvalue weighted by Crippen LogP contribution is 2.44. The molecule has 0 bridgehead atoms. The second-order valence-corrected chi connectivity index (χ2v) is 5.97. The summed E-state index contributed by atoms with van der Waals surface area (Å²) >= 11 is 0. The van der Waals surface area contributed by atoms with Gasteiger partial charge in [-0.05, 0) is 36.5 Å². The molecule has 0 saturated heterocycles. The fourth-order valence-corrected chi connectivity index (χ4v) is 2.51. The molecule has 1 unspecified atom stereocenters. The Kier molecular flexibility index (Phi) is 5.39. The molecule has 0 fully saturated rings. The van der Waals surface area contributed by atoms with Crippen molar-refractivity contribution in [2.75, 3.05) is 0 Å². The number of benzene rings is 1. The van der Waals surface area contributed by atoms with Crippen LogP contribution in [0.2, 0.25) is 0 Å². The van der Waals surface area contributed by atoms with Gasteiger partial charge in [0.15, 0.2) is 5.85 Å². The van der Waals surface area contributed by atoms with Gasteiger partial charge in [-0.15, -0.1) is 0 Å². The zero-order valence-electron chi connectivity index (χ0n) is 11.1. The first-order valence-corrected chi connectivity index (χ1v) is 7.94. The number of hydrogen-bond acceptors (Lipinski definition) is 2. The van der Waals surface area contributed by atoms with Gasteiger partial charge < -0.3 is 14.5 Å². The third-order valence-electron chi connectivity index (χ3n) is 2.90. The van der Waals surface area contributed by atoms with E-state index in [1.807, 2.05) is 19.1 Å². The minimum absolute atomic E-state index is 0.281. The molecule has 102 valence electrons. The number of rotatable bonds is 6. The van der Waals surface area contributed by atoms with Crippen LogP contribution >= 0.6 is 7.60 Å². The molecule has 5 heteroatoms. The molecule has 0 amide bonds. The first kappa shape index (κ1) is 15.2. The smallest absolute Gasteiger partial charge is 0.365 e. The van der Waals surface area contributed by atoms with E-state index in [4.69, 9.17) is 4.74 Å². The summed E-state index contributed by atoms with van der Waals surface area (Å²) in [5.74, 6) is -0.486. The maximum atomic E-state index is 11.3. The van der Waals surface area contributed by atoms with Crippen LogP contribution in [0.5, 0.6) is 5.75 Å². The summed E-state index contributed by atoms with van der Waals surface area (Å²) in [7, 11) is -4.21. The van der Waals surface area contributed by atoms with E-state index in [1.54, 1.807) is 13.0 Å². The topological polar surface area (TPSA) is 66.8 Å². The minimum Gasteiger partial charge on any atom is -0.478 e. The van der Waals surface area contributed by atoms with Gasteiger partial charge in [-0.1, -0.05) is 32.9 Å². The lowest BCUT2D eigenvalue weighted by Gasteiger charge is -2.20. The quantitative estimate of drug-likeness (QED) is 0.781. The Balaban J connectivity index is 2.99. The van der Waals surface area contributed by atoms with Gasteiger partial charge in [-0.3, -0.25) is 4.57 Å². The van der Waals surface area contributed by atoms with Crippen molar-refractivity contribution in [2.45, 2.75) is 45.9 Å². The zero-order valence-corrected chi connectivity index (χ0v) is 12.0. The third-order valence-corrected chi connectivity index (χ3v) is 4.12. The first-order valence-electron chi connectivity index (χ1n) is 6.26. The van der Waals surface area contributed by atoms with Gasteiger partial charge in [-0.2, -0.15) is 0 Å². The molecular weight excluding hydrogens is 251 g/mol. The Morgan fingerprint density at radius 2 is 1.89 bits per heavy atom. The van der Waals surface area contributed by atoms with Crippen LogP contribution in [0.15, 0.2) is 18.2 Å². The predicted octanol–water partition coefficient (Wildman–Crippen LogP) is 3.10. The second-order valence-electron chi connectivity index (χ2n) is 4.22. The minimum atomic E-state index is -4.21. The Bertz CT molecular complexity index is 439. The first-order chi connectivity index (χ1) is 8.42. The van der Waals surface area contributed by atoms with Gasteiger partial charge in [0.05, 0.1) is 0 Å². The van der Waals surface area contributed by atoms with Crippen LogP contribution in [-0.2, 0) is 17.4 Å².